The molecule has 1 heterocycles. The van der Waals surface area contributed by atoms with Gasteiger partial charge in [0, 0.05) is 12.1 Å². The van der Waals surface area contributed by atoms with Crippen LogP contribution in [0.4, 0.5) is 13.2 Å². The highest BCUT2D eigenvalue weighted by atomic mass is 19.2. The number of hydrogen-bond donors (Lipinski definition) is 1. The Morgan fingerprint density at radius 1 is 1.08 bits per heavy atom. The number of amides is 1. The standard InChI is InChI=1S/C18H16F3NO2/c19-15-8-13(9-16(20)17(15)21)11-3-5-12(6-4-11)18(24)22-7-1-2-14(22)10-23/h3-6,8-9,14,23H,1-2,7,10H2/t14-/m1/s1. The van der Waals surface area contributed by atoms with Crippen molar-refractivity contribution in [2.24, 2.45) is 0 Å². The van der Waals surface area contributed by atoms with Crippen molar-refractivity contribution < 1.29 is 23.1 Å². The first kappa shape index (κ1) is 16.5. The lowest BCUT2D eigenvalue weighted by Gasteiger charge is -2.23. The van der Waals surface area contributed by atoms with E-state index in [9.17, 15) is 23.1 Å². The van der Waals surface area contributed by atoms with Crippen LogP contribution < -0.4 is 0 Å². The van der Waals surface area contributed by atoms with Crippen molar-refractivity contribution in [1.29, 1.82) is 0 Å². The van der Waals surface area contributed by atoms with Crippen molar-refractivity contribution in [3.8, 4) is 11.1 Å². The van der Waals surface area contributed by atoms with Gasteiger partial charge in [0.15, 0.2) is 17.5 Å². The Labute approximate surface area is 137 Å². The van der Waals surface area contributed by atoms with Crippen LogP contribution in [0.2, 0.25) is 0 Å². The third kappa shape index (κ3) is 3.01. The summed E-state index contributed by atoms with van der Waals surface area (Å²) >= 11 is 0. The first-order chi connectivity index (χ1) is 11.5. The zero-order valence-electron chi connectivity index (χ0n) is 12.8. The number of carbonyl (C=O) groups is 1. The summed E-state index contributed by atoms with van der Waals surface area (Å²) in [5.74, 6) is -4.20. The maximum absolute atomic E-state index is 13.3. The fraction of sp³-hybridized carbons (Fsp3) is 0.278. The lowest BCUT2D eigenvalue weighted by Crippen LogP contribution is -2.37. The molecule has 0 spiro atoms. The Morgan fingerprint density at radius 2 is 1.71 bits per heavy atom. The molecule has 24 heavy (non-hydrogen) atoms. The number of benzene rings is 2. The number of nitrogens with zero attached hydrogens (tertiary/aromatic N) is 1. The number of likely N-dealkylation sites (tertiary alicyclic amines) is 1. The molecule has 2 aromatic carbocycles. The van der Waals surface area contributed by atoms with E-state index in [-0.39, 0.29) is 24.1 Å². The molecule has 1 fully saturated rings. The largest absolute Gasteiger partial charge is 0.394 e. The third-order valence-corrected chi connectivity index (χ3v) is 4.30. The number of aliphatic hydroxyl groups excluding tert-OH is 1. The summed E-state index contributed by atoms with van der Waals surface area (Å²) < 4.78 is 39.7. The van der Waals surface area contributed by atoms with Crippen molar-refractivity contribution in [2.45, 2.75) is 18.9 Å². The molecule has 0 aliphatic carbocycles. The van der Waals surface area contributed by atoms with Crippen molar-refractivity contribution in [3.05, 3.63) is 59.4 Å². The smallest absolute Gasteiger partial charge is 0.254 e. The van der Waals surface area contributed by atoms with Crippen LogP contribution in [0.15, 0.2) is 36.4 Å². The van der Waals surface area contributed by atoms with Gasteiger partial charge in [0.1, 0.15) is 0 Å². The Morgan fingerprint density at radius 3 is 2.29 bits per heavy atom. The van der Waals surface area contributed by atoms with Crippen LogP contribution in [0.1, 0.15) is 23.2 Å². The summed E-state index contributed by atoms with van der Waals surface area (Å²) in [6, 6.07) is 7.90. The fourth-order valence-corrected chi connectivity index (χ4v) is 2.99. The Hall–Kier alpha value is -2.34. The summed E-state index contributed by atoms with van der Waals surface area (Å²) in [6.45, 7) is 0.526. The van der Waals surface area contributed by atoms with Gasteiger partial charge in [0.25, 0.3) is 5.91 Å². The highest BCUT2D eigenvalue weighted by Crippen LogP contribution is 2.25. The van der Waals surface area contributed by atoms with Crippen molar-refractivity contribution in [1.82, 2.24) is 4.90 Å². The van der Waals surface area contributed by atoms with Crippen LogP contribution in [0, 0.1) is 17.5 Å². The summed E-state index contributed by atoms with van der Waals surface area (Å²) in [6.07, 6.45) is 1.62. The number of hydrogen-bond acceptors (Lipinski definition) is 2. The van der Waals surface area contributed by atoms with E-state index >= 15 is 0 Å². The van der Waals surface area contributed by atoms with Crippen molar-refractivity contribution in [3.63, 3.8) is 0 Å². The molecule has 1 atom stereocenters. The Bertz CT molecular complexity index is 738. The highest BCUT2D eigenvalue weighted by molar-refractivity contribution is 5.95. The molecule has 1 aliphatic rings. The molecule has 126 valence electrons. The van der Waals surface area contributed by atoms with E-state index < -0.39 is 17.5 Å². The molecule has 3 nitrogen and oxygen atoms in total. The van der Waals surface area contributed by atoms with Crippen LogP contribution in [-0.2, 0) is 0 Å². The first-order valence-corrected chi connectivity index (χ1v) is 7.68. The molecule has 6 heteroatoms. The molecule has 1 amide bonds. The minimum Gasteiger partial charge on any atom is -0.394 e. The molecule has 1 saturated heterocycles. The van der Waals surface area contributed by atoms with E-state index in [4.69, 9.17) is 0 Å². The first-order valence-electron chi connectivity index (χ1n) is 7.68. The zero-order valence-corrected chi connectivity index (χ0v) is 12.8. The van der Waals surface area contributed by atoms with Crippen LogP contribution in [0.3, 0.4) is 0 Å². The number of aliphatic hydroxyl groups is 1. The van der Waals surface area contributed by atoms with E-state index in [0.29, 0.717) is 17.7 Å². The average molecular weight is 335 g/mol. The second kappa shape index (κ2) is 6.65. The van der Waals surface area contributed by atoms with Crippen molar-refractivity contribution >= 4 is 5.91 Å². The van der Waals surface area contributed by atoms with Gasteiger partial charge in [-0.15, -0.1) is 0 Å². The van der Waals surface area contributed by atoms with E-state index in [1.807, 2.05) is 0 Å². The number of halogens is 3. The van der Waals surface area contributed by atoms with Crippen molar-refractivity contribution in [2.75, 3.05) is 13.2 Å². The van der Waals surface area contributed by atoms with Gasteiger partial charge in [-0.3, -0.25) is 4.79 Å². The van der Waals surface area contributed by atoms with Gasteiger partial charge in [-0.05, 0) is 48.2 Å². The second-order valence-corrected chi connectivity index (χ2v) is 5.81. The molecular formula is C18H16F3NO2. The molecule has 0 unspecified atom stereocenters. The molecule has 1 N–H and O–H groups in total. The van der Waals surface area contributed by atoms with Gasteiger partial charge in [-0.1, -0.05) is 12.1 Å². The minimum absolute atomic E-state index is 0.0715. The van der Waals surface area contributed by atoms with Gasteiger partial charge in [-0.2, -0.15) is 0 Å². The normalized spacial score (nSPS) is 17.3. The average Bonchev–Trinajstić information content (AvgIpc) is 3.07. The zero-order chi connectivity index (χ0) is 17.3. The van der Waals surface area contributed by atoms with Gasteiger partial charge < -0.3 is 10.0 Å². The molecule has 0 aromatic heterocycles. The lowest BCUT2D eigenvalue weighted by atomic mass is 10.0. The predicted molar refractivity (Wildman–Crippen MR) is 82.9 cm³/mol. The molecule has 1 aliphatic heterocycles. The second-order valence-electron chi connectivity index (χ2n) is 5.81. The highest BCUT2D eigenvalue weighted by Gasteiger charge is 2.28. The van der Waals surface area contributed by atoms with Crippen LogP contribution in [-0.4, -0.2) is 35.1 Å². The SMILES string of the molecule is O=C(c1ccc(-c2cc(F)c(F)c(F)c2)cc1)N1CCC[C@@H]1CO. The summed E-state index contributed by atoms with van der Waals surface area (Å²) in [4.78, 5) is 14.1. The Balaban J connectivity index is 1.84. The number of rotatable bonds is 3. The predicted octanol–water partition coefficient (Wildman–Crippen LogP) is 3.37. The van der Waals surface area contributed by atoms with E-state index in [0.717, 1.165) is 25.0 Å². The molecule has 0 bridgehead atoms. The van der Waals surface area contributed by atoms with Gasteiger partial charge in [-0.25, -0.2) is 13.2 Å². The molecular weight excluding hydrogens is 319 g/mol. The monoisotopic (exact) mass is 335 g/mol. The van der Waals surface area contributed by atoms with Crippen LogP contribution in [0.25, 0.3) is 11.1 Å². The van der Waals surface area contributed by atoms with Gasteiger partial charge in [0.05, 0.1) is 12.6 Å². The Kier molecular flexibility index (Phi) is 4.57. The maximum Gasteiger partial charge on any atom is 0.254 e. The third-order valence-electron chi connectivity index (χ3n) is 4.30. The maximum atomic E-state index is 13.3. The summed E-state index contributed by atoms with van der Waals surface area (Å²) in [5.41, 5.74) is 1.10. The molecule has 0 saturated carbocycles. The van der Waals surface area contributed by atoms with Gasteiger partial charge >= 0.3 is 0 Å². The molecule has 0 radical (unpaired) electrons. The van der Waals surface area contributed by atoms with Crippen LogP contribution in [0.5, 0.6) is 0 Å². The van der Waals surface area contributed by atoms with E-state index in [1.165, 1.54) is 0 Å². The van der Waals surface area contributed by atoms with Crippen LogP contribution >= 0.6 is 0 Å². The molecule has 3 rings (SSSR count). The quantitative estimate of drug-likeness (QED) is 0.874. The lowest BCUT2D eigenvalue weighted by molar-refractivity contribution is 0.0677. The van der Waals surface area contributed by atoms with E-state index in [1.54, 1.807) is 29.2 Å². The topological polar surface area (TPSA) is 40.5 Å². The fourth-order valence-electron chi connectivity index (χ4n) is 2.99. The van der Waals surface area contributed by atoms with E-state index in [2.05, 4.69) is 0 Å². The minimum atomic E-state index is -1.50. The summed E-state index contributed by atoms with van der Waals surface area (Å²) in [7, 11) is 0. The molecule has 2 aromatic rings. The number of carbonyl (C=O) groups excluding carboxylic acids is 1. The summed E-state index contributed by atoms with van der Waals surface area (Å²) in [5, 5.41) is 9.30. The van der Waals surface area contributed by atoms with Gasteiger partial charge in [0.2, 0.25) is 0 Å².